The molecule has 5 rings (SSSR count). The number of methoxy groups -OCH3 is 1. The number of esters is 1. The van der Waals surface area contributed by atoms with Crippen LogP contribution in [0.4, 0.5) is 0 Å². The van der Waals surface area contributed by atoms with Gasteiger partial charge in [-0.1, -0.05) is 53.6 Å². The predicted octanol–water partition coefficient (Wildman–Crippen LogP) is 6.81. The van der Waals surface area contributed by atoms with E-state index in [1.54, 1.807) is 0 Å². The molecule has 2 aliphatic rings. The van der Waals surface area contributed by atoms with Crippen molar-refractivity contribution in [3.05, 3.63) is 105 Å². The molecular weight excluding hydrogens is 492 g/mol. The lowest BCUT2D eigenvalue weighted by Crippen LogP contribution is -2.32. The van der Waals surface area contributed by atoms with Crippen LogP contribution < -0.4 is 0 Å². The molecule has 3 aromatic rings. The topological polar surface area (TPSA) is 42.4 Å². The summed E-state index contributed by atoms with van der Waals surface area (Å²) in [5.41, 5.74) is 9.64. The van der Waals surface area contributed by atoms with Gasteiger partial charge in [0.25, 0.3) is 0 Å². The van der Waals surface area contributed by atoms with E-state index in [-0.39, 0.29) is 5.97 Å². The zero-order valence-corrected chi connectivity index (χ0v) is 23.5. The van der Waals surface area contributed by atoms with Crippen LogP contribution in [0.2, 0.25) is 5.02 Å². The Bertz CT molecular complexity index is 1350. The van der Waals surface area contributed by atoms with Crippen LogP contribution >= 0.6 is 11.6 Å². The molecule has 0 N–H and O–H groups in total. The third kappa shape index (κ3) is 5.57. The summed E-state index contributed by atoms with van der Waals surface area (Å²) in [5, 5.41) is 0.807. The van der Waals surface area contributed by atoms with Crippen molar-refractivity contribution in [3.8, 4) is 0 Å². The van der Waals surface area contributed by atoms with E-state index >= 15 is 0 Å². The Morgan fingerprint density at radius 2 is 1.79 bits per heavy atom. The molecule has 0 bridgehead atoms. The van der Waals surface area contributed by atoms with Crippen LogP contribution in [0.25, 0.3) is 5.57 Å². The number of benzene rings is 2. The van der Waals surface area contributed by atoms with Crippen LogP contribution in [-0.2, 0) is 34.2 Å². The molecule has 198 valence electrons. The molecule has 2 aromatic carbocycles. The number of piperidine rings is 1. The van der Waals surface area contributed by atoms with E-state index in [1.807, 2.05) is 32.2 Å². The number of rotatable bonds is 6. The smallest absolute Gasteiger partial charge is 0.315 e. The number of halogens is 1. The van der Waals surface area contributed by atoms with Gasteiger partial charge >= 0.3 is 5.97 Å². The number of ether oxygens (including phenoxy) is 1. The highest BCUT2D eigenvalue weighted by atomic mass is 35.5. The highest BCUT2D eigenvalue weighted by molar-refractivity contribution is 6.30. The lowest BCUT2D eigenvalue weighted by Gasteiger charge is -2.30. The van der Waals surface area contributed by atoms with Gasteiger partial charge in [-0.25, -0.2) is 0 Å². The van der Waals surface area contributed by atoms with E-state index in [0.717, 1.165) is 74.4 Å². The summed E-state index contributed by atoms with van der Waals surface area (Å²) >= 11 is 6.38. The fourth-order valence-electron chi connectivity index (χ4n) is 5.93. The zero-order valence-electron chi connectivity index (χ0n) is 22.7. The van der Waals surface area contributed by atoms with E-state index in [1.165, 1.54) is 40.5 Å². The second-order valence-corrected chi connectivity index (χ2v) is 11.5. The van der Waals surface area contributed by atoms with Gasteiger partial charge in [-0.3, -0.25) is 9.78 Å². The number of nitrogens with zero attached hydrogens (tertiary/aromatic N) is 2. The number of hydrogen-bond donors (Lipinski definition) is 0. The molecule has 4 nitrogen and oxygen atoms in total. The number of aryl methyl sites for hydroxylation is 3. The quantitative estimate of drug-likeness (QED) is 0.329. The van der Waals surface area contributed by atoms with Gasteiger partial charge in [0.15, 0.2) is 0 Å². The largest absolute Gasteiger partial charge is 0.468 e. The van der Waals surface area contributed by atoms with Crippen LogP contribution in [0.5, 0.6) is 0 Å². The molecule has 0 amide bonds. The van der Waals surface area contributed by atoms with Crippen LogP contribution in [0.3, 0.4) is 0 Å². The van der Waals surface area contributed by atoms with Crippen molar-refractivity contribution in [1.29, 1.82) is 0 Å². The number of carbonyl (C=O) groups is 1. The Morgan fingerprint density at radius 3 is 2.58 bits per heavy atom. The predicted molar refractivity (Wildman–Crippen MR) is 155 cm³/mol. The SMILES string of the molecule is COC(=O)C(C)(C)c1cccc(CCCN2CCC(=C3c4ccc(Cl)cc4CCc4cccnc43)CC2)c1. The Labute approximate surface area is 231 Å². The maximum Gasteiger partial charge on any atom is 0.315 e. The molecule has 1 aliphatic heterocycles. The standard InChI is InChI=1S/C33H37ClN2O2/c1-33(2,32(37)38-3)27-10-4-7-23(21-27)8-6-18-36-19-15-24(16-20-36)30-29-14-13-28(34)22-26(29)12-11-25-9-5-17-35-31(25)30/h4-5,7,9-10,13-14,17,21-22H,6,8,11-12,15-16,18-20H2,1-3H3. The first kappa shape index (κ1) is 26.6. The maximum atomic E-state index is 12.2. The minimum atomic E-state index is -0.642. The van der Waals surface area contributed by atoms with Crippen molar-refractivity contribution in [2.75, 3.05) is 26.7 Å². The summed E-state index contributed by atoms with van der Waals surface area (Å²) in [6, 6.07) is 19.0. The fourth-order valence-corrected chi connectivity index (χ4v) is 6.12. The minimum absolute atomic E-state index is 0.204. The van der Waals surface area contributed by atoms with Gasteiger partial charge in [-0.2, -0.15) is 0 Å². The molecular formula is C33H37ClN2O2. The molecule has 5 heteroatoms. The summed E-state index contributed by atoms with van der Waals surface area (Å²) < 4.78 is 5.01. The molecule has 38 heavy (non-hydrogen) atoms. The molecule has 2 heterocycles. The van der Waals surface area contributed by atoms with E-state index in [2.05, 4.69) is 47.4 Å². The molecule has 0 radical (unpaired) electrons. The van der Waals surface area contributed by atoms with Crippen molar-refractivity contribution in [2.45, 2.75) is 57.8 Å². The van der Waals surface area contributed by atoms with Gasteiger partial charge in [0.2, 0.25) is 0 Å². The highest BCUT2D eigenvalue weighted by Crippen LogP contribution is 2.38. The fraction of sp³-hybridized carbons (Fsp3) is 0.394. The van der Waals surface area contributed by atoms with E-state index in [4.69, 9.17) is 21.3 Å². The molecule has 0 saturated carbocycles. The highest BCUT2D eigenvalue weighted by Gasteiger charge is 2.31. The zero-order chi connectivity index (χ0) is 26.7. The van der Waals surface area contributed by atoms with Gasteiger partial charge in [0, 0.05) is 29.9 Å². The Balaban J connectivity index is 1.26. The van der Waals surface area contributed by atoms with Crippen LogP contribution in [0.15, 0.2) is 66.4 Å². The first-order valence-corrected chi connectivity index (χ1v) is 14.1. The molecule has 0 spiro atoms. The Hall–Kier alpha value is -2.95. The van der Waals surface area contributed by atoms with Crippen LogP contribution in [0, 0.1) is 0 Å². The van der Waals surface area contributed by atoms with E-state index in [0.29, 0.717) is 0 Å². The first-order valence-electron chi connectivity index (χ1n) is 13.7. The monoisotopic (exact) mass is 528 g/mol. The number of fused-ring (bicyclic) bond motifs is 2. The van der Waals surface area contributed by atoms with Crippen LogP contribution in [-0.4, -0.2) is 42.6 Å². The molecule has 1 fully saturated rings. The molecule has 1 saturated heterocycles. The van der Waals surface area contributed by atoms with Crippen molar-refractivity contribution in [1.82, 2.24) is 9.88 Å². The molecule has 1 aromatic heterocycles. The summed E-state index contributed by atoms with van der Waals surface area (Å²) in [6.45, 7) is 7.06. The average molecular weight is 529 g/mol. The van der Waals surface area contributed by atoms with Gasteiger partial charge in [-0.15, -0.1) is 0 Å². The first-order chi connectivity index (χ1) is 18.4. The summed E-state index contributed by atoms with van der Waals surface area (Å²) in [5.74, 6) is -0.204. The number of aromatic nitrogens is 1. The number of carbonyl (C=O) groups excluding carboxylic acids is 1. The van der Waals surface area contributed by atoms with Crippen molar-refractivity contribution < 1.29 is 9.53 Å². The number of hydrogen-bond acceptors (Lipinski definition) is 4. The summed E-state index contributed by atoms with van der Waals surface area (Å²) in [6.07, 6.45) is 8.15. The van der Waals surface area contributed by atoms with Crippen molar-refractivity contribution in [2.24, 2.45) is 0 Å². The Kier molecular flexibility index (Phi) is 8.01. The lowest BCUT2D eigenvalue weighted by atomic mass is 9.83. The van der Waals surface area contributed by atoms with E-state index in [9.17, 15) is 4.79 Å². The van der Waals surface area contributed by atoms with Crippen molar-refractivity contribution >= 4 is 23.1 Å². The maximum absolute atomic E-state index is 12.2. The van der Waals surface area contributed by atoms with Crippen LogP contribution in [0.1, 0.15) is 66.6 Å². The third-order valence-electron chi connectivity index (χ3n) is 8.23. The number of pyridine rings is 1. The summed E-state index contributed by atoms with van der Waals surface area (Å²) in [7, 11) is 1.45. The van der Waals surface area contributed by atoms with Gasteiger partial charge in [0.05, 0.1) is 18.2 Å². The molecule has 0 unspecified atom stereocenters. The minimum Gasteiger partial charge on any atom is -0.468 e. The Morgan fingerprint density at radius 1 is 1.00 bits per heavy atom. The number of likely N-dealkylation sites (tertiary alicyclic amines) is 1. The average Bonchev–Trinajstić information content (AvgIpc) is 3.10. The normalized spacial score (nSPS) is 16.0. The van der Waals surface area contributed by atoms with Gasteiger partial charge < -0.3 is 9.64 Å². The second-order valence-electron chi connectivity index (χ2n) is 11.1. The summed E-state index contributed by atoms with van der Waals surface area (Å²) in [4.78, 5) is 19.7. The lowest BCUT2D eigenvalue weighted by molar-refractivity contribution is -0.146. The second kappa shape index (κ2) is 11.4. The van der Waals surface area contributed by atoms with Gasteiger partial charge in [-0.05, 0) is 105 Å². The third-order valence-corrected chi connectivity index (χ3v) is 8.46. The molecule has 0 atom stereocenters. The molecule has 1 aliphatic carbocycles. The van der Waals surface area contributed by atoms with E-state index < -0.39 is 5.41 Å². The van der Waals surface area contributed by atoms with Gasteiger partial charge in [0.1, 0.15) is 0 Å². The van der Waals surface area contributed by atoms with Crippen molar-refractivity contribution in [3.63, 3.8) is 0 Å².